The summed E-state index contributed by atoms with van der Waals surface area (Å²) >= 11 is 0. The average Bonchev–Trinajstić information content (AvgIpc) is 3.44. The Morgan fingerprint density at radius 3 is 0.964 bits per heavy atom. The van der Waals surface area contributed by atoms with Crippen LogP contribution in [0.2, 0.25) is 0 Å². The van der Waals surface area contributed by atoms with Gasteiger partial charge in [0.05, 0.1) is 43.9 Å². The van der Waals surface area contributed by atoms with Crippen molar-refractivity contribution in [2.24, 2.45) is 0 Å². The van der Waals surface area contributed by atoms with Gasteiger partial charge in [-0.3, -0.25) is 0 Å². The number of fused-ring (bicyclic) bond motifs is 11. The first kappa shape index (κ1) is 32.3. The molecule has 0 N–H and O–H groups in total. The summed E-state index contributed by atoms with van der Waals surface area (Å²) in [4.78, 5) is 5.46. The third-order valence-electron chi connectivity index (χ3n) is 12.5. The molecule has 0 saturated carbocycles. The Kier molecular flexibility index (Phi) is 6.43. The van der Waals surface area contributed by atoms with Gasteiger partial charge in [0.25, 0.3) is 0 Å². The summed E-state index contributed by atoms with van der Waals surface area (Å²) in [5.41, 5.74) is 12.2. The van der Waals surface area contributed by atoms with Gasteiger partial charge in [-0.05, 0) is 58.7 Å². The van der Waals surface area contributed by atoms with Crippen molar-refractivity contribution in [2.75, 3.05) is 9.80 Å². The molecule has 0 amide bonds. The molecule has 4 nitrogen and oxygen atoms in total. The van der Waals surface area contributed by atoms with Gasteiger partial charge >= 0.3 is 0 Å². The zero-order valence-corrected chi connectivity index (χ0v) is 31.9. The van der Waals surface area contributed by atoms with Crippen molar-refractivity contribution in [3.8, 4) is 11.1 Å². The fourth-order valence-electron chi connectivity index (χ4n) is 9.97. The van der Waals surface area contributed by atoms with E-state index in [0.717, 1.165) is 66.8 Å². The highest BCUT2D eigenvalue weighted by molar-refractivity contribution is 7.92. The van der Waals surface area contributed by atoms with Crippen molar-refractivity contribution >= 4 is 65.5 Å². The number of benzene rings is 8. The molecule has 3 aliphatic rings. The molecule has 0 atom stereocenters. The van der Waals surface area contributed by atoms with Gasteiger partial charge < -0.3 is 9.80 Å². The van der Waals surface area contributed by atoms with E-state index in [0.29, 0.717) is 9.79 Å². The van der Waals surface area contributed by atoms with Gasteiger partial charge in [0.15, 0.2) is 0 Å². The Morgan fingerprint density at radius 1 is 0.364 bits per heavy atom. The molecule has 266 valence electrons. The quantitative estimate of drug-likeness (QED) is 0.178. The van der Waals surface area contributed by atoms with Crippen molar-refractivity contribution in [3.63, 3.8) is 0 Å². The number of para-hydroxylation sites is 4. The summed E-state index contributed by atoms with van der Waals surface area (Å²) in [6, 6.07) is 54.8. The minimum absolute atomic E-state index is 0.227. The van der Waals surface area contributed by atoms with Crippen molar-refractivity contribution in [3.05, 3.63) is 180 Å². The van der Waals surface area contributed by atoms with E-state index < -0.39 is 9.84 Å². The maximum absolute atomic E-state index is 15.2. The molecule has 3 aliphatic heterocycles. The van der Waals surface area contributed by atoms with Crippen LogP contribution in [0.15, 0.2) is 168 Å². The highest BCUT2D eigenvalue weighted by Crippen LogP contribution is 2.59. The molecule has 0 aliphatic carbocycles. The van der Waals surface area contributed by atoms with E-state index in [9.17, 15) is 0 Å². The minimum atomic E-state index is -3.93. The number of nitrogens with zero attached hydrogens (tertiary/aromatic N) is 2. The molecule has 3 heterocycles. The van der Waals surface area contributed by atoms with Gasteiger partial charge in [0.2, 0.25) is 9.84 Å². The van der Waals surface area contributed by atoms with Crippen LogP contribution in [0.5, 0.6) is 0 Å². The van der Waals surface area contributed by atoms with Crippen LogP contribution in [-0.4, -0.2) is 8.42 Å². The Bertz CT molecular complexity index is 2790. The fourth-order valence-corrected chi connectivity index (χ4v) is 12.0. The molecular weight excluding hydrogens is 693 g/mol. The zero-order chi connectivity index (χ0) is 37.4. The molecule has 0 fully saturated rings. The second kappa shape index (κ2) is 11.0. The molecule has 55 heavy (non-hydrogen) atoms. The van der Waals surface area contributed by atoms with Crippen LogP contribution < -0.4 is 9.80 Å². The largest absolute Gasteiger partial charge is 0.309 e. The van der Waals surface area contributed by atoms with Crippen LogP contribution in [-0.2, 0) is 20.7 Å². The molecule has 0 radical (unpaired) electrons. The topological polar surface area (TPSA) is 40.6 Å². The van der Waals surface area contributed by atoms with Gasteiger partial charge in [-0.15, -0.1) is 0 Å². The maximum Gasteiger partial charge on any atom is 0.209 e. The Balaban J connectivity index is 1.25. The number of hydrogen-bond acceptors (Lipinski definition) is 4. The summed E-state index contributed by atoms with van der Waals surface area (Å²) in [5.74, 6) is 0. The monoisotopic (exact) mass is 730 g/mol. The minimum Gasteiger partial charge on any atom is -0.309 e. The van der Waals surface area contributed by atoms with Crippen molar-refractivity contribution in [1.82, 2.24) is 0 Å². The average molecular weight is 731 g/mol. The highest BCUT2D eigenvalue weighted by atomic mass is 32.2. The second-order valence-electron chi connectivity index (χ2n) is 16.1. The Hall–Kier alpha value is -6.17. The van der Waals surface area contributed by atoms with E-state index in [4.69, 9.17) is 0 Å². The van der Waals surface area contributed by atoms with Gasteiger partial charge in [0.1, 0.15) is 0 Å². The first-order chi connectivity index (χ1) is 26.6. The Labute approximate surface area is 321 Å². The van der Waals surface area contributed by atoms with Gasteiger partial charge in [-0.1, -0.05) is 149 Å². The summed E-state index contributed by atoms with van der Waals surface area (Å²) in [6.07, 6.45) is 0. The van der Waals surface area contributed by atoms with Gasteiger partial charge in [-0.2, -0.15) is 0 Å². The van der Waals surface area contributed by atoms with Crippen LogP contribution in [0.3, 0.4) is 0 Å². The van der Waals surface area contributed by atoms with Crippen molar-refractivity contribution in [2.45, 2.75) is 48.3 Å². The molecule has 0 aromatic heterocycles. The molecule has 5 heteroatoms. The van der Waals surface area contributed by atoms with Crippen LogP contribution >= 0.6 is 0 Å². The highest BCUT2D eigenvalue weighted by Gasteiger charge is 2.43. The molecular formula is C50H38N2O2S. The molecule has 11 rings (SSSR count). The van der Waals surface area contributed by atoms with Crippen LogP contribution in [0, 0.1) is 0 Å². The van der Waals surface area contributed by atoms with Crippen molar-refractivity contribution in [1.29, 1.82) is 0 Å². The predicted octanol–water partition coefficient (Wildman–Crippen LogP) is 13.0. The second-order valence-corrected chi connectivity index (χ2v) is 18.0. The van der Waals surface area contributed by atoms with Gasteiger partial charge in [0, 0.05) is 43.5 Å². The van der Waals surface area contributed by atoms with Crippen LogP contribution in [0.1, 0.15) is 49.9 Å². The smallest absolute Gasteiger partial charge is 0.209 e. The lowest BCUT2D eigenvalue weighted by Gasteiger charge is -2.42. The number of sulfone groups is 1. The van der Waals surface area contributed by atoms with Gasteiger partial charge in [-0.25, -0.2) is 8.42 Å². The predicted molar refractivity (Wildman–Crippen MR) is 226 cm³/mol. The zero-order valence-electron chi connectivity index (χ0n) is 31.1. The third kappa shape index (κ3) is 4.14. The standard InChI is InChI=1S/C50H38N2O2S/c1-49(2)37-21-9-13-25-41(37)51(42-26-14-10-22-38(42)49)45-29-35-36-30-46(52-43-27-15-11-23-39(43)50(3,4)40-24-12-16-28-44(40)52)32-18-6-8-20-34(32)48(36)55(53,54)47(35)33-19-7-5-17-31(33)45/h5-30H,1-4H3. The lowest BCUT2D eigenvalue weighted by molar-refractivity contribution is 0.600. The number of anilines is 6. The SMILES string of the molecule is CC1(C)c2ccccc2N(c2cc3c(c4ccccc24)S(=O)(=O)c2c-3cc(N3c4ccccc4C(C)(C)c4ccccc43)c3ccccc23)c2ccccc21. The van der Waals surface area contributed by atoms with E-state index in [1.807, 2.05) is 36.4 Å². The molecule has 8 aromatic carbocycles. The van der Waals surface area contributed by atoms with Crippen LogP contribution in [0.4, 0.5) is 34.1 Å². The third-order valence-corrected chi connectivity index (χ3v) is 14.5. The first-order valence-electron chi connectivity index (χ1n) is 19.0. The first-order valence-corrected chi connectivity index (χ1v) is 20.4. The van der Waals surface area contributed by atoms with Crippen LogP contribution in [0.25, 0.3) is 32.7 Å². The summed E-state index contributed by atoms with van der Waals surface area (Å²) in [7, 11) is -3.93. The summed E-state index contributed by atoms with van der Waals surface area (Å²) in [5, 5.41) is 3.25. The molecule has 0 spiro atoms. The molecule has 8 aromatic rings. The van der Waals surface area contributed by atoms with E-state index in [-0.39, 0.29) is 10.8 Å². The normalized spacial score (nSPS) is 16.5. The maximum atomic E-state index is 15.2. The lowest BCUT2D eigenvalue weighted by atomic mass is 9.73. The van der Waals surface area contributed by atoms with E-state index >= 15 is 8.42 Å². The summed E-state index contributed by atoms with van der Waals surface area (Å²) in [6.45, 7) is 9.15. The van der Waals surface area contributed by atoms with E-state index in [1.54, 1.807) is 0 Å². The van der Waals surface area contributed by atoms with Crippen molar-refractivity contribution < 1.29 is 8.42 Å². The lowest BCUT2D eigenvalue weighted by Crippen LogP contribution is -2.30. The Morgan fingerprint density at radius 2 is 0.636 bits per heavy atom. The van der Waals surface area contributed by atoms with E-state index in [1.165, 1.54) is 22.3 Å². The fraction of sp³-hybridized carbons (Fsp3) is 0.120. The number of hydrogen-bond donors (Lipinski definition) is 0. The molecule has 0 unspecified atom stereocenters. The van der Waals surface area contributed by atoms with E-state index in [2.05, 4.69) is 159 Å². The molecule has 0 bridgehead atoms. The summed E-state index contributed by atoms with van der Waals surface area (Å²) < 4.78 is 30.4. The number of rotatable bonds is 2. The molecule has 0 saturated heterocycles.